The van der Waals surface area contributed by atoms with Crippen LogP contribution in [-0.2, 0) is 6.61 Å². The van der Waals surface area contributed by atoms with Crippen LogP contribution in [0.4, 0.5) is 4.39 Å². The van der Waals surface area contributed by atoms with Gasteiger partial charge in [-0.25, -0.2) is 4.39 Å². The largest absolute Gasteiger partial charge is 0.484 e. The normalized spacial score (nSPS) is 12.2. The predicted octanol–water partition coefficient (Wildman–Crippen LogP) is 4.15. The first kappa shape index (κ1) is 14.8. The third-order valence-corrected chi connectivity index (χ3v) is 3.37. The first-order valence-corrected chi connectivity index (χ1v) is 6.76. The quantitative estimate of drug-likeness (QED) is 0.897. The molecular formula is C16H16ClFO2. The van der Waals surface area contributed by atoms with E-state index in [1.165, 1.54) is 6.07 Å². The summed E-state index contributed by atoms with van der Waals surface area (Å²) in [5.41, 5.74) is 1.60. The first-order valence-electron chi connectivity index (χ1n) is 6.38. The minimum Gasteiger partial charge on any atom is -0.484 e. The monoisotopic (exact) mass is 294 g/mol. The second kappa shape index (κ2) is 6.73. The number of benzene rings is 2. The molecular weight excluding hydrogens is 279 g/mol. The van der Waals surface area contributed by atoms with Gasteiger partial charge in [-0.05, 0) is 23.3 Å². The van der Waals surface area contributed by atoms with Gasteiger partial charge >= 0.3 is 0 Å². The van der Waals surface area contributed by atoms with Crippen LogP contribution in [0.2, 0.25) is 5.02 Å². The molecule has 20 heavy (non-hydrogen) atoms. The molecule has 0 saturated heterocycles. The summed E-state index contributed by atoms with van der Waals surface area (Å²) >= 11 is 6.06. The second-order valence-electron chi connectivity index (χ2n) is 4.67. The Morgan fingerprint density at radius 3 is 2.55 bits per heavy atom. The van der Waals surface area contributed by atoms with Crippen molar-refractivity contribution in [1.82, 2.24) is 0 Å². The fourth-order valence-electron chi connectivity index (χ4n) is 1.84. The molecule has 2 nitrogen and oxygen atoms in total. The molecule has 2 rings (SSSR count). The van der Waals surface area contributed by atoms with Crippen LogP contribution in [0.5, 0.6) is 5.75 Å². The van der Waals surface area contributed by atoms with Crippen LogP contribution in [0.25, 0.3) is 0 Å². The van der Waals surface area contributed by atoms with Crippen molar-refractivity contribution >= 4 is 11.6 Å². The summed E-state index contributed by atoms with van der Waals surface area (Å²) in [6.07, 6.45) is 0. The van der Waals surface area contributed by atoms with Crippen molar-refractivity contribution in [1.29, 1.82) is 0 Å². The molecule has 0 aliphatic rings. The molecule has 0 radical (unpaired) electrons. The second-order valence-corrected chi connectivity index (χ2v) is 5.08. The summed E-state index contributed by atoms with van der Waals surface area (Å²) in [5.74, 6) is -0.627. The molecule has 0 fully saturated rings. The lowest BCUT2D eigenvalue weighted by atomic mass is 10.0. The zero-order valence-electron chi connectivity index (χ0n) is 11.1. The van der Waals surface area contributed by atoms with Gasteiger partial charge in [0.1, 0.15) is 6.61 Å². The fourth-order valence-corrected chi connectivity index (χ4v) is 2.11. The van der Waals surface area contributed by atoms with Crippen molar-refractivity contribution < 1.29 is 14.2 Å². The number of ether oxygens (including phenoxy) is 1. The fraction of sp³-hybridized carbons (Fsp3) is 0.250. The lowest BCUT2D eigenvalue weighted by molar-refractivity contribution is 0.271. The van der Waals surface area contributed by atoms with Crippen LogP contribution >= 0.6 is 11.6 Å². The third kappa shape index (κ3) is 3.50. The number of rotatable bonds is 5. The van der Waals surface area contributed by atoms with E-state index in [-0.39, 0.29) is 29.9 Å². The van der Waals surface area contributed by atoms with Crippen LogP contribution in [0, 0.1) is 5.82 Å². The summed E-state index contributed by atoms with van der Waals surface area (Å²) in [4.78, 5) is 0. The van der Waals surface area contributed by atoms with Gasteiger partial charge in [0.05, 0.1) is 5.02 Å². The standard InChI is InChI=1S/C16H16ClFO2/c1-11(9-19)13-7-14(17)16(15(18)8-13)20-10-12-5-3-2-4-6-12/h2-8,11,19H,9-10H2,1H3. The average molecular weight is 295 g/mol. The molecule has 0 aliphatic heterocycles. The van der Waals surface area contributed by atoms with Gasteiger partial charge in [-0.1, -0.05) is 48.9 Å². The van der Waals surface area contributed by atoms with Crippen molar-refractivity contribution in [2.24, 2.45) is 0 Å². The molecule has 0 heterocycles. The van der Waals surface area contributed by atoms with Gasteiger partial charge in [-0.3, -0.25) is 0 Å². The molecule has 2 aromatic carbocycles. The van der Waals surface area contributed by atoms with E-state index in [1.807, 2.05) is 30.3 Å². The highest BCUT2D eigenvalue weighted by molar-refractivity contribution is 6.32. The van der Waals surface area contributed by atoms with E-state index in [4.69, 9.17) is 21.4 Å². The van der Waals surface area contributed by atoms with E-state index in [1.54, 1.807) is 13.0 Å². The number of aliphatic hydroxyl groups is 1. The minimum atomic E-state index is -0.510. The minimum absolute atomic E-state index is 0.0457. The third-order valence-electron chi connectivity index (χ3n) is 3.09. The Morgan fingerprint density at radius 1 is 1.25 bits per heavy atom. The van der Waals surface area contributed by atoms with Gasteiger partial charge in [-0.15, -0.1) is 0 Å². The maximum Gasteiger partial charge on any atom is 0.174 e. The zero-order valence-corrected chi connectivity index (χ0v) is 11.9. The van der Waals surface area contributed by atoms with Crippen LogP contribution in [0.3, 0.4) is 0 Å². The Balaban J connectivity index is 2.16. The maximum absolute atomic E-state index is 14.0. The number of aliphatic hydroxyl groups excluding tert-OH is 1. The average Bonchev–Trinajstić information content (AvgIpc) is 2.46. The SMILES string of the molecule is CC(CO)c1cc(F)c(OCc2ccccc2)c(Cl)c1. The summed E-state index contributed by atoms with van der Waals surface area (Å²) in [5, 5.41) is 9.31. The van der Waals surface area contributed by atoms with E-state index in [0.717, 1.165) is 5.56 Å². The molecule has 1 atom stereocenters. The van der Waals surface area contributed by atoms with E-state index >= 15 is 0 Å². The van der Waals surface area contributed by atoms with E-state index in [9.17, 15) is 4.39 Å². The van der Waals surface area contributed by atoms with Gasteiger partial charge in [0, 0.05) is 12.5 Å². The summed E-state index contributed by atoms with van der Waals surface area (Å²) < 4.78 is 19.5. The van der Waals surface area contributed by atoms with E-state index < -0.39 is 5.82 Å². The molecule has 1 unspecified atom stereocenters. The van der Waals surface area contributed by atoms with Gasteiger partial charge in [0.25, 0.3) is 0 Å². The zero-order chi connectivity index (χ0) is 14.5. The maximum atomic E-state index is 14.0. The molecule has 0 aromatic heterocycles. The van der Waals surface area contributed by atoms with Crippen molar-refractivity contribution in [3.63, 3.8) is 0 Å². The molecule has 0 amide bonds. The molecule has 2 aromatic rings. The molecule has 0 bridgehead atoms. The van der Waals surface area contributed by atoms with Crippen molar-refractivity contribution in [3.8, 4) is 5.75 Å². The molecule has 1 N–H and O–H groups in total. The number of halogens is 2. The van der Waals surface area contributed by atoms with E-state index in [0.29, 0.717) is 5.56 Å². The van der Waals surface area contributed by atoms with Crippen LogP contribution in [0.1, 0.15) is 24.0 Å². The number of hydrogen-bond donors (Lipinski definition) is 1. The highest BCUT2D eigenvalue weighted by atomic mass is 35.5. The topological polar surface area (TPSA) is 29.5 Å². The highest BCUT2D eigenvalue weighted by Gasteiger charge is 2.14. The highest BCUT2D eigenvalue weighted by Crippen LogP contribution is 2.32. The molecule has 0 spiro atoms. The Morgan fingerprint density at radius 2 is 1.95 bits per heavy atom. The van der Waals surface area contributed by atoms with Crippen LogP contribution in [0.15, 0.2) is 42.5 Å². The summed E-state index contributed by atoms with van der Waals surface area (Å²) in [6.45, 7) is 2.00. The Bertz CT molecular complexity index is 549. The smallest absolute Gasteiger partial charge is 0.174 e. The van der Waals surface area contributed by atoms with Crippen molar-refractivity contribution in [2.45, 2.75) is 19.4 Å². The number of hydrogen-bond acceptors (Lipinski definition) is 2. The Kier molecular flexibility index (Phi) is 4.99. The Hall–Kier alpha value is -1.58. The van der Waals surface area contributed by atoms with Crippen molar-refractivity contribution in [2.75, 3.05) is 6.61 Å². The first-order chi connectivity index (χ1) is 9.61. The molecule has 0 aliphatic carbocycles. The van der Waals surface area contributed by atoms with Crippen LogP contribution in [-0.4, -0.2) is 11.7 Å². The van der Waals surface area contributed by atoms with Gasteiger partial charge in [-0.2, -0.15) is 0 Å². The molecule has 106 valence electrons. The van der Waals surface area contributed by atoms with Gasteiger partial charge in [0.2, 0.25) is 0 Å². The molecule has 4 heteroatoms. The van der Waals surface area contributed by atoms with E-state index in [2.05, 4.69) is 0 Å². The lowest BCUT2D eigenvalue weighted by Gasteiger charge is -2.13. The Labute approximate surface area is 122 Å². The van der Waals surface area contributed by atoms with Gasteiger partial charge < -0.3 is 9.84 Å². The van der Waals surface area contributed by atoms with Crippen LogP contribution < -0.4 is 4.74 Å². The van der Waals surface area contributed by atoms with Gasteiger partial charge in [0.15, 0.2) is 11.6 Å². The molecule has 0 saturated carbocycles. The predicted molar refractivity (Wildman–Crippen MR) is 77.7 cm³/mol. The summed E-state index contributed by atoms with van der Waals surface area (Å²) in [7, 11) is 0. The summed E-state index contributed by atoms with van der Waals surface area (Å²) in [6, 6.07) is 12.5. The lowest BCUT2D eigenvalue weighted by Crippen LogP contribution is -2.02. The van der Waals surface area contributed by atoms with Crippen molar-refractivity contribution in [3.05, 3.63) is 64.4 Å².